The Morgan fingerprint density at radius 3 is 2.70 bits per heavy atom. The second-order valence-corrected chi connectivity index (χ2v) is 5.87. The number of pyridine rings is 1. The Balaban J connectivity index is 2.01. The molecule has 0 spiro atoms. The van der Waals surface area contributed by atoms with Crippen molar-refractivity contribution in [1.82, 2.24) is 15.2 Å². The maximum Gasteiger partial charge on any atom is 0.218 e. The van der Waals surface area contributed by atoms with Gasteiger partial charge in [0.15, 0.2) is 5.96 Å². The Hall–Kier alpha value is -2.08. The van der Waals surface area contributed by atoms with Gasteiger partial charge in [-0.15, -0.1) is 0 Å². The van der Waals surface area contributed by atoms with Gasteiger partial charge in [0.2, 0.25) is 5.88 Å². The van der Waals surface area contributed by atoms with Gasteiger partial charge < -0.3 is 15.0 Å². The molecular formula is C17H21BrN4O. The highest BCUT2D eigenvalue weighted by Crippen LogP contribution is 2.17. The highest BCUT2D eigenvalue weighted by atomic mass is 79.9. The van der Waals surface area contributed by atoms with E-state index in [9.17, 15) is 0 Å². The van der Waals surface area contributed by atoms with Crippen LogP contribution >= 0.6 is 15.9 Å². The van der Waals surface area contributed by atoms with Gasteiger partial charge in [-0.3, -0.25) is 4.99 Å². The Bertz CT molecular complexity index is 675. The molecule has 122 valence electrons. The first kappa shape index (κ1) is 17.3. The van der Waals surface area contributed by atoms with Crippen LogP contribution in [0, 0.1) is 0 Å². The van der Waals surface area contributed by atoms with Crippen molar-refractivity contribution in [3.05, 3.63) is 58.2 Å². The molecule has 0 radical (unpaired) electrons. The molecule has 1 aromatic heterocycles. The Labute approximate surface area is 145 Å². The summed E-state index contributed by atoms with van der Waals surface area (Å²) in [6, 6.07) is 12.1. The number of halogens is 1. The summed E-state index contributed by atoms with van der Waals surface area (Å²) in [4.78, 5) is 10.6. The fourth-order valence-electron chi connectivity index (χ4n) is 2.26. The first-order valence-corrected chi connectivity index (χ1v) is 8.08. The molecule has 2 aromatic rings. The molecule has 1 heterocycles. The smallest absolute Gasteiger partial charge is 0.218 e. The predicted octanol–water partition coefficient (Wildman–Crippen LogP) is 3.06. The number of guanidine groups is 1. The monoisotopic (exact) mass is 376 g/mol. The van der Waals surface area contributed by atoms with Crippen molar-refractivity contribution in [2.24, 2.45) is 4.99 Å². The Morgan fingerprint density at radius 1 is 1.26 bits per heavy atom. The van der Waals surface area contributed by atoms with E-state index in [0.717, 1.165) is 22.5 Å². The summed E-state index contributed by atoms with van der Waals surface area (Å²) in [5.74, 6) is 1.44. The van der Waals surface area contributed by atoms with Crippen LogP contribution in [0.4, 0.5) is 0 Å². The lowest BCUT2D eigenvalue weighted by Crippen LogP contribution is -2.38. The second kappa shape index (κ2) is 8.53. The number of rotatable bonds is 5. The lowest BCUT2D eigenvalue weighted by molar-refractivity contribution is 0.391. The van der Waals surface area contributed by atoms with E-state index in [1.54, 1.807) is 20.4 Å². The molecule has 5 nitrogen and oxygen atoms in total. The second-order valence-electron chi connectivity index (χ2n) is 5.02. The van der Waals surface area contributed by atoms with Crippen LogP contribution in [0.15, 0.2) is 52.1 Å². The number of aliphatic imine (C=N–C) groups is 1. The van der Waals surface area contributed by atoms with Crippen molar-refractivity contribution in [3.8, 4) is 5.88 Å². The minimum absolute atomic E-state index is 0.601. The zero-order valence-corrected chi connectivity index (χ0v) is 15.2. The van der Waals surface area contributed by atoms with Crippen molar-refractivity contribution in [2.75, 3.05) is 21.2 Å². The number of hydrogen-bond acceptors (Lipinski definition) is 3. The minimum Gasteiger partial charge on any atom is -0.481 e. The van der Waals surface area contributed by atoms with E-state index >= 15 is 0 Å². The van der Waals surface area contributed by atoms with Crippen LogP contribution in [0.3, 0.4) is 0 Å². The van der Waals surface area contributed by atoms with Gasteiger partial charge in [0.1, 0.15) is 0 Å². The van der Waals surface area contributed by atoms with Crippen LogP contribution in [0.5, 0.6) is 5.88 Å². The molecule has 0 fully saturated rings. The standard InChI is InChI=1S/C17H21BrN4O/c1-19-17(21-11-13-8-6-10-20-16(13)23-3)22(2)12-14-7-4-5-9-15(14)18/h4-10H,11-12H2,1-3H3,(H,19,21). The summed E-state index contributed by atoms with van der Waals surface area (Å²) in [5.41, 5.74) is 2.20. The summed E-state index contributed by atoms with van der Waals surface area (Å²) in [6.45, 7) is 1.36. The van der Waals surface area contributed by atoms with Gasteiger partial charge in [-0.05, 0) is 17.7 Å². The highest BCUT2D eigenvalue weighted by molar-refractivity contribution is 9.10. The molecular weight excluding hydrogens is 356 g/mol. The molecule has 23 heavy (non-hydrogen) atoms. The molecule has 0 bridgehead atoms. The summed E-state index contributed by atoms with van der Waals surface area (Å²) in [5, 5.41) is 3.34. The summed E-state index contributed by atoms with van der Waals surface area (Å²) in [6.07, 6.45) is 1.72. The molecule has 0 amide bonds. The molecule has 0 aliphatic rings. The first-order chi connectivity index (χ1) is 11.2. The van der Waals surface area contributed by atoms with Crippen LogP contribution < -0.4 is 10.1 Å². The Morgan fingerprint density at radius 2 is 2.00 bits per heavy atom. The third-order valence-electron chi connectivity index (χ3n) is 3.42. The fourth-order valence-corrected chi connectivity index (χ4v) is 2.67. The van der Waals surface area contributed by atoms with E-state index in [1.807, 2.05) is 37.4 Å². The van der Waals surface area contributed by atoms with E-state index in [2.05, 4.69) is 42.2 Å². The van der Waals surface area contributed by atoms with Gasteiger partial charge >= 0.3 is 0 Å². The van der Waals surface area contributed by atoms with Gasteiger partial charge in [-0.1, -0.05) is 40.2 Å². The van der Waals surface area contributed by atoms with Crippen LogP contribution in [0.2, 0.25) is 0 Å². The molecule has 0 unspecified atom stereocenters. The third kappa shape index (κ3) is 4.69. The zero-order chi connectivity index (χ0) is 16.7. The van der Waals surface area contributed by atoms with Crippen LogP contribution in [0.25, 0.3) is 0 Å². The van der Waals surface area contributed by atoms with Gasteiger partial charge in [0.25, 0.3) is 0 Å². The normalized spacial score (nSPS) is 11.2. The molecule has 6 heteroatoms. The number of aromatic nitrogens is 1. The van der Waals surface area contributed by atoms with Crippen molar-refractivity contribution in [1.29, 1.82) is 0 Å². The number of methoxy groups -OCH3 is 1. The summed E-state index contributed by atoms with van der Waals surface area (Å²) >= 11 is 3.58. The number of benzene rings is 1. The maximum atomic E-state index is 5.27. The van der Waals surface area contributed by atoms with E-state index in [4.69, 9.17) is 4.74 Å². The van der Waals surface area contributed by atoms with E-state index < -0.39 is 0 Å². The number of hydrogen-bond donors (Lipinski definition) is 1. The van der Waals surface area contributed by atoms with Crippen molar-refractivity contribution >= 4 is 21.9 Å². The van der Waals surface area contributed by atoms with Crippen molar-refractivity contribution in [3.63, 3.8) is 0 Å². The highest BCUT2D eigenvalue weighted by Gasteiger charge is 2.10. The minimum atomic E-state index is 0.601. The maximum absolute atomic E-state index is 5.27. The summed E-state index contributed by atoms with van der Waals surface area (Å²) in [7, 11) is 5.41. The molecule has 0 atom stereocenters. The largest absolute Gasteiger partial charge is 0.481 e. The van der Waals surface area contributed by atoms with E-state index in [0.29, 0.717) is 12.4 Å². The number of ether oxygens (including phenoxy) is 1. The van der Waals surface area contributed by atoms with Crippen LogP contribution in [-0.4, -0.2) is 37.0 Å². The van der Waals surface area contributed by atoms with Crippen LogP contribution in [0.1, 0.15) is 11.1 Å². The fraction of sp³-hybridized carbons (Fsp3) is 0.294. The predicted molar refractivity (Wildman–Crippen MR) is 96.6 cm³/mol. The molecule has 2 rings (SSSR count). The SMILES string of the molecule is CN=C(NCc1cccnc1OC)N(C)Cc1ccccc1Br. The van der Waals surface area contributed by atoms with Gasteiger partial charge in [0, 0.05) is 43.4 Å². The molecule has 0 aliphatic heterocycles. The molecule has 0 saturated carbocycles. The van der Waals surface area contributed by atoms with Crippen molar-refractivity contribution in [2.45, 2.75) is 13.1 Å². The average molecular weight is 377 g/mol. The van der Waals surface area contributed by atoms with E-state index in [1.165, 1.54) is 5.56 Å². The van der Waals surface area contributed by atoms with Gasteiger partial charge in [-0.25, -0.2) is 4.98 Å². The van der Waals surface area contributed by atoms with Gasteiger partial charge in [0.05, 0.1) is 7.11 Å². The topological polar surface area (TPSA) is 49.8 Å². The van der Waals surface area contributed by atoms with Crippen molar-refractivity contribution < 1.29 is 4.74 Å². The zero-order valence-electron chi connectivity index (χ0n) is 13.6. The third-order valence-corrected chi connectivity index (χ3v) is 4.19. The average Bonchev–Trinajstić information content (AvgIpc) is 2.58. The lowest BCUT2D eigenvalue weighted by atomic mass is 10.2. The van der Waals surface area contributed by atoms with Crippen LogP contribution in [-0.2, 0) is 13.1 Å². The molecule has 0 aliphatic carbocycles. The number of nitrogens with one attached hydrogen (secondary N) is 1. The Kier molecular flexibility index (Phi) is 6.40. The molecule has 1 N–H and O–H groups in total. The number of nitrogens with zero attached hydrogens (tertiary/aromatic N) is 3. The lowest BCUT2D eigenvalue weighted by Gasteiger charge is -2.23. The first-order valence-electron chi connectivity index (χ1n) is 7.28. The summed E-state index contributed by atoms with van der Waals surface area (Å²) < 4.78 is 6.37. The molecule has 1 aromatic carbocycles. The molecule has 0 saturated heterocycles. The quantitative estimate of drug-likeness (QED) is 0.643. The van der Waals surface area contributed by atoms with E-state index in [-0.39, 0.29) is 0 Å². The van der Waals surface area contributed by atoms with Gasteiger partial charge in [-0.2, -0.15) is 0 Å².